The van der Waals surface area contributed by atoms with Crippen LogP contribution < -0.4 is 15.2 Å². The number of rotatable bonds is 6. The second-order valence-corrected chi connectivity index (χ2v) is 10.7. The fraction of sp³-hybridized carbons (Fsp3) is 0.318. The molecule has 35 heavy (non-hydrogen) atoms. The Morgan fingerprint density at radius 1 is 1.29 bits per heavy atom. The van der Waals surface area contributed by atoms with Gasteiger partial charge in [-0.1, -0.05) is 0 Å². The van der Waals surface area contributed by atoms with Crippen molar-refractivity contribution in [1.82, 2.24) is 19.8 Å². The third-order valence-electron chi connectivity index (χ3n) is 6.02. The molecule has 0 amide bonds. The molecule has 2 aromatic heterocycles. The summed E-state index contributed by atoms with van der Waals surface area (Å²) in [6, 6.07) is 2.60. The van der Waals surface area contributed by atoms with Crippen LogP contribution in [0.1, 0.15) is 23.2 Å². The first-order chi connectivity index (χ1) is 16.8. The summed E-state index contributed by atoms with van der Waals surface area (Å²) < 4.78 is 38.7. The Bertz CT molecular complexity index is 1420. The molecule has 2 aliphatic heterocycles. The Hall–Kier alpha value is -3.29. The highest BCUT2D eigenvalue weighted by atomic mass is 32.2. The highest BCUT2D eigenvalue weighted by Gasteiger charge is 2.40. The highest BCUT2D eigenvalue weighted by Crippen LogP contribution is 2.35. The van der Waals surface area contributed by atoms with Crippen LogP contribution in [0.5, 0.6) is 5.75 Å². The van der Waals surface area contributed by atoms with Crippen LogP contribution in [0.25, 0.3) is 0 Å². The largest absolute Gasteiger partial charge is 0.496 e. The van der Waals surface area contributed by atoms with Gasteiger partial charge in [-0.2, -0.15) is 19.7 Å². The summed E-state index contributed by atoms with van der Waals surface area (Å²) in [5.41, 5.74) is 11.7. The minimum Gasteiger partial charge on any atom is -0.496 e. The van der Waals surface area contributed by atoms with E-state index in [2.05, 4.69) is 24.2 Å². The van der Waals surface area contributed by atoms with Crippen molar-refractivity contribution in [2.45, 2.75) is 37.8 Å². The van der Waals surface area contributed by atoms with E-state index in [0.717, 1.165) is 33.7 Å². The molecule has 13 heteroatoms. The minimum absolute atomic E-state index is 0.102. The van der Waals surface area contributed by atoms with Gasteiger partial charge >= 0.3 is 0 Å². The summed E-state index contributed by atoms with van der Waals surface area (Å²) in [7, 11) is -2.16. The molecule has 0 fully saturated rings. The summed E-state index contributed by atoms with van der Waals surface area (Å²) in [6.45, 7) is 4.18. The van der Waals surface area contributed by atoms with Crippen LogP contribution in [-0.4, -0.2) is 59.7 Å². The van der Waals surface area contributed by atoms with E-state index in [4.69, 9.17) is 15.6 Å². The summed E-state index contributed by atoms with van der Waals surface area (Å²) in [5.74, 6) is 1.52. The van der Waals surface area contributed by atoms with Gasteiger partial charge in [0.1, 0.15) is 22.9 Å². The first-order valence-corrected chi connectivity index (χ1v) is 13.3. The number of aryl methyl sites for hydroxylation is 1. The number of ether oxygens (including phenoxy) is 1. The number of nitrogens with one attached hydrogen (secondary N) is 1. The SMILES string of the molecule is COc1c(C)cnc(CN2N=C3CC(NS(=O)(=O)c4cccnc4)C4=C3C(=N2)C(N)=NSC4)c1C. The molecular formula is C22H24N8O3S2. The normalized spacial score (nSPS) is 19.6. The van der Waals surface area contributed by atoms with Crippen molar-refractivity contribution in [3.63, 3.8) is 0 Å². The number of hydrogen-bond acceptors (Lipinski definition) is 11. The molecule has 5 rings (SSSR count). The minimum atomic E-state index is -3.78. The lowest BCUT2D eigenvalue weighted by Crippen LogP contribution is -2.35. The van der Waals surface area contributed by atoms with Crippen molar-refractivity contribution >= 4 is 39.2 Å². The van der Waals surface area contributed by atoms with Crippen LogP contribution in [0, 0.1) is 13.8 Å². The van der Waals surface area contributed by atoms with Crippen LogP contribution in [-0.2, 0) is 16.6 Å². The van der Waals surface area contributed by atoms with Gasteiger partial charge in [0, 0.05) is 47.5 Å². The van der Waals surface area contributed by atoms with Gasteiger partial charge in [-0.25, -0.2) is 13.1 Å². The fourth-order valence-electron chi connectivity index (χ4n) is 4.36. The first kappa shape index (κ1) is 23.5. The van der Waals surface area contributed by atoms with Crippen LogP contribution in [0.3, 0.4) is 0 Å². The maximum absolute atomic E-state index is 13.0. The molecule has 3 aliphatic rings. The number of aromatic nitrogens is 2. The van der Waals surface area contributed by atoms with E-state index in [-0.39, 0.29) is 10.7 Å². The van der Waals surface area contributed by atoms with Crippen molar-refractivity contribution in [2.24, 2.45) is 20.3 Å². The molecule has 0 aromatic carbocycles. The van der Waals surface area contributed by atoms with Crippen molar-refractivity contribution in [1.29, 1.82) is 0 Å². The van der Waals surface area contributed by atoms with E-state index in [0.29, 0.717) is 30.1 Å². The fourth-order valence-corrected chi connectivity index (χ4v) is 6.33. The average Bonchev–Trinajstić information content (AvgIpc) is 3.07. The number of hydrogen-bond donors (Lipinski definition) is 2. The molecule has 1 atom stereocenters. The molecule has 0 bridgehead atoms. The molecular weight excluding hydrogens is 488 g/mol. The van der Waals surface area contributed by atoms with Crippen molar-refractivity contribution in [3.8, 4) is 5.75 Å². The van der Waals surface area contributed by atoms with E-state index in [1.165, 1.54) is 35.5 Å². The lowest BCUT2D eigenvalue weighted by Gasteiger charge is -2.23. The Morgan fingerprint density at radius 2 is 2.11 bits per heavy atom. The third-order valence-corrected chi connectivity index (χ3v) is 8.25. The predicted molar refractivity (Wildman–Crippen MR) is 135 cm³/mol. The molecule has 0 spiro atoms. The lowest BCUT2D eigenvalue weighted by atomic mass is 10.0. The number of methoxy groups -OCH3 is 1. The molecule has 0 saturated carbocycles. The van der Waals surface area contributed by atoms with Gasteiger partial charge in [0.15, 0.2) is 5.84 Å². The van der Waals surface area contributed by atoms with E-state index in [9.17, 15) is 8.42 Å². The number of hydrazone groups is 2. The van der Waals surface area contributed by atoms with Gasteiger partial charge in [-0.05, 0) is 43.5 Å². The molecule has 182 valence electrons. The van der Waals surface area contributed by atoms with Crippen LogP contribution in [0.4, 0.5) is 0 Å². The standard InChI is InChI=1S/C22H24N8O3S2/c1-12-8-25-18(13(2)21(12)33-3)10-30-26-17-7-16(29-35(31,32)14-5-4-6-24-9-14)15-11-34-28-22(23)20(27-30)19(15)17/h4-6,8-9,16,29H,7,10-11H2,1-3H3,(H2,23,28). The van der Waals surface area contributed by atoms with E-state index in [1.807, 2.05) is 13.8 Å². The van der Waals surface area contributed by atoms with Crippen LogP contribution >= 0.6 is 11.9 Å². The first-order valence-electron chi connectivity index (χ1n) is 10.8. The second kappa shape index (κ2) is 9.06. The second-order valence-electron chi connectivity index (χ2n) is 8.29. The quantitative estimate of drug-likeness (QED) is 0.556. The van der Waals surface area contributed by atoms with Gasteiger partial charge in [0.05, 0.1) is 24.6 Å². The number of amidine groups is 1. The molecule has 1 aliphatic carbocycles. The van der Waals surface area contributed by atoms with E-state index < -0.39 is 16.1 Å². The molecule has 3 N–H and O–H groups in total. The summed E-state index contributed by atoms with van der Waals surface area (Å²) in [6.07, 6.45) is 4.98. The van der Waals surface area contributed by atoms with Gasteiger partial charge in [-0.3, -0.25) is 9.97 Å². The summed E-state index contributed by atoms with van der Waals surface area (Å²) in [5, 5.41) is 10.9. The third kappa shape index (κ3) is 4.30. The maximum atomic E-state index is 13.0. The van der Waals surface area contributed by atoms with Crippen LogP contribution in [0.2, 0.25) is 0 Å². The monoisotopic (exact) mass is 512 g/mol. The van der Waals surface area contributed by atoms with Gasteiger partial charge in [0.25, 0.3) is 0 Å². The number of nitrogens with two attached hydrogens (primary N) is 1. The molecule has 4 heterocycles. The van der Waals surface area contributed by atoms with Crippen LogP contribution in [0.15, 0.2) is 61.4 Å². The lowest BCUT2D eigenvalue weighted by molar-refractivity contribution is 0.288. The summed E-state index contributed by atoms with van der Waals surface area (Å²) in [4.78, 5) is 8.57. The zero-order valence-electron chi connectivity index (χ0n) is 19.4. The maximum Gasteiger partial charge on any atom is 0.242 e. The smallest absolute Gasteiger partial charge is 0.242 e. The number of pyridine rings is 2. The predicted octanol–water partition coefficient (Wildman–Crippen LogP) is 1.70. The Balaban J connectivity index is 1.49. The molecule has 0 radical (unpaired) electrons. The topological polar surface area (TPSA) is 148 Å². The molecule has 1 unspecified atom stereocenters. The van der Waals surface area contributed by atoms with E-state index >= 15 is 0 Å². The summed E-state index contributed by atoms with van der Waals surface area (Å²) >= 11 is 1.26. The Kier molecular flexibility index (Phi) is 6.07. The molecule has 2 aromatic rings. The zero-order valence-corrected chi connectivity index (χ0v) is 21.0. The van der Waals surface area contributed by atoms with Crippen molar-refractivity contribution < 1.29 is 13.2 Å². The number of sulfonamides is 1. The highest BCUT2D eigenvalue weighted by molar-refractivity contribution is 7.98. The van der Waals surface area contributed by atoms with E-state index in [1.54, 1.807) is 19.4 Å². The van der Waals surface area contributed by atoms with Crippen molar-refractivity contribution in [2.75, 3.05) is 12.9 Å². The van der Waals surface area contributed by atoms with Crippen molar-refractivity contribution in [3.05, 3.63) is 58.7 Å². The molecule has 0 saturated heterocycles. The number of nitrogens with zero attached hydrogens (tertiary/aromatic N) is 6. The Morgan fingerprint density at radius 3 is 2.86 bits per heavy atom. The van der Waals surface area contributed by atoms with Gasteiger partial charge in [0.2, 0.25) is 10.0 Å². The average molecular weight is 513 g/mol. The molecule has 11 nitrogen and oxygen atoms in total. The van der Waals surface area contributed by atoms with Gasteiger partial charge in [-0.15, -0.1) is 0 Å². The van der Waals surface area contributed by atoms with Gasteiger partial charge < -0.3 is 10.5 Å². The Labute approximate surface area is 207 Å². The zero-order chi connectivity index (χ0) is 24.7.